The Morgan fingerprint density at radius 1 is 1.55 bits per heavy atom. The van der Waals surface area contributed by atoms with Crippen LogP contribution in [0.4, 0.5) is 4.39 Å². The van der Waals surface area contributed by atoms with Gasteiger partial charge >= 0.3 is 5.69 Å². The Labute approximate surface area is 123 Å². The lowest BCUT2D eigenvalue weighted by Crippen LogP contribution is -2.49. The molecule has 0 spiro atoms. The molecule has 1 unspecified atom stereocenters. The fourth-order valence-electron chi connectivity index (χ4n) is 2.35. The predicted molar refractivity (Wildman–Crippen MR) is 71.3 cm³/mol. The van der Waals surface area contributed by atoms with Crippen molar-refractivity contribution in [1.82, 2.24) is 9.55 Å². The van der Waals surface area contributed by atoms with Gasteiger partial charge in [0.15, 0.2) is 11.8 Å². The van der Waals surface area contributed by atoms with Crippen molar-refractivity contribution in [1.29, 1.82) is 0 Å². The SMILES string of the molecule is CC#CC1(O)[C@@H](O)[C@@H]([C@H](C)O)O[C@H]1n1cc(F)c(=O)[nH]c1=O. The van der Waals surface area contributed by atoms with Crippen LogP contribution in [-0.4, -0.2) is 48.8 Å². The van der Waals surface area contributed by atoms with Crippen LogP contribution in [0.15, 0.2) is 15.8 Å². The third-order valence-electron chi connectivity index (χ3n) is 3.40. The van der Waals surface area contributed by atoms with Gasteiger partial charge in [-0.1, -0.05) is 5.92 Å². The van der Waals surface area contributed by atoms with Gasteiger partial charge in [-0.25, -0.2) is 4.79 Å². The van der Waals surface area contributed by atoms with Gasteiger partial charge in [0.25, 0.3) is 5.56 Å². The van der Waals surface area contributed by atoms with Gasteiger partial charge in [0.1, 0.15) is 12.2 Å². The van der Waals surface area contributed by atoms with Crippen LogP contribution in [0.3, 0.4) is 0 Å². The van der Waals surface area contributed by atoms with Gasteiger partial charge in [0.05, 0.1) is 12.3 Å². The minimum absolute atomic E-state index is 0.547. The molecule has 5 atom stereocenters. The molecule has 0 amide bonds. The van der Waals surface area contributed by atoms with E-state index >= 15 is 0 Å². The van der Waals surface area contributed by atoms with Crippen molar-refractivity contribution in [2.45, 2.75) is 44.0 Å². The highest BCUT2D eigenvalue weighted by atomic mass is 19.1. The number of aromatic nitrogens is 2. The molecule has 9 heteroatoms. The number of ether oxygens (including phenoxy) is 1. The molecule has 8 nitrogen and oxygen atoms in total. The first-order valence-electron chi connectivity index (χ1n) is 6.41. The lowest BCUT2D eigenvalue weighted by atomic mass is 9.93. The minimum Gasteiger partial charge on any atom is -0.391 e. The molecule has 1 aliphatic heterocycles. The molecule has 1 aromatic heterocycles. The maximum absolute atomic E-state index is 13.4. The topological polar surface area (TPSA) is 125 Å². The molecule has 1 saturated heterocycles. The molecule has 0 aromatic carbocycles. The second kappa shape index (κ2) is 5.66. The molecule has 2 rings (SSSR count). The predicted octanol–water partition coefficient (Wildman–Crippen LogP) is -1.93. The van der Waals surface area contributed by atoms with Crippen molar-refractivity contribution in [2.24, 2.45) is 0 Å². The molecule has 0 aliphatic carbocycles. The second-order valence-electron chi connectivity index (χ2n) is 4.98. The van der Waals surface area contributed by atoms with Gasteiger partial charge in [-0.3, -0.25) is 14.3 Å². The average Bonchev–Trinajstić information content (AvgIpc) is 2.68. The van der Waals surface area contributed by atoms with Crippen LogP contribution < -0.4 is 11.2 Å². The molecule has 4 N–H and O–H groups in total. The Balaban J connectivity index is 2.61. The molecule has 1 fully saturated rings. The number of hydrogen-bond acceptors (Lipinski definition) is 6. The fourth-order valence-corrected chi connectivity index (χ4v) is 2.35. The summed E-state index contributed by atoms with van der Waals surface area (Å²) in [6.07, 6.45) is -5.14. The number of nitrogens with one attached hydrogen (secondary N) is 1. The quantitative estimate of drug-likeness (QED) is 0.471. The van der Waals surface area contributed by atoms with E-state index in [1.165, 1.54) is 13.8 Å². The van der Waals surface area contributed by atoms with E-state index in [0.29, 0.717) is 10.8 Å². The number of nitrogens with zero attached hydrogens (tertiary/aromatic N) is 1. The largest absolute Gasteiger partial charge is 0.391 e. The van der Waals surface area contributed by atoms with E-state index in [9.17, 15) is 29.3 Å². The molecule has 0 bridgehead atoms. The monoisotopic (exact) mass is 314 g/mol. The zero-order chi connectivity index (χ0) is 16.7. The molecule has 1 aliphatic rings. The normalized spacial score (nSPS) is 32.4. The van der Waals surface area contributed by atoms with E-state index in [4.69, 9.17) is 4.74 Å². The molecular weight excluding hydrogens is 299 g/mol. The summed E-state index contributed by atoms with van der Waals surface area (Å²) < 4.78 is 19.3. The first-order valence-corrected chi connectivity index (χ1v) is 6.41. The number of halogens is 1. The highest BCUT2D eigenvalue weighted by Crippen LogP contribution is 2.38. The van der Waals surface area contributed by atoms with E-state index in [0.717, 1.165) is 0 Å². The fraction of sp³-hybridized carbons (Fsp3) is 0.538. The Bertz CT molecular complexity index is 745. The van der Waals surface area contributed by atoms with Crippen molar-refractivity contribution < 1.29 is 24.4 Å². The van der Waals surface area contributed by atoms with E-state index in [1.807, 2.05) is 0 Å². The number of rotatable bonds is 2. The van der Waals surface area contributed by atoms with Crippen molar-refractivity contribution in [2.75, 3.05) is 0 Å². The highest BCUT2D eigenvalue weighted by Gasteiger charge is 2.57. The van der Waals surface area contributed by atoms with Gasteiger partial charge in [-0.15, -0.1) is 5.92 Å². The number of H-pyrrole nitrogens is 1. The van der Waals surface area contributed by atoms with Crippen molar-refractivity contribution in [3.63, 3.8) is 0 Å². The number of aliphatic hydroxyl groups is 3. The van der Waals surface area contributed by atoms with E-state index in [-0.39, 0.29) is 0 Å². The van der Waals surface area contributed by atoms with Gasteiger partial charge in [-0.2, -0.15) is 4.39 Å². The smallest absolute Gasteiger partial charge is 0.330 e. The molecule has 0 saturated carbocycles. The van der Waals surface area contributed by atoms with Crippen LogP contribution in [0.25, 0.3) is 0 Å². The third kappa shape index (κ3) is 2.46. The van der Waals surface area contributed by atoms with E-state index in [1.54, 1.807) is 4.98 Å². The van der Waals surface area contributed by atoms with Crippen LogP contribution in [0.1, 0.15) is 20.1 Å². The highest BCUT2D eigenvalue weighted by molar-refractivity contribution is 5.22. The maximum atomic E-state index is 13.4. The van der Waals surface area contributed by atoms with Crippen molar-refractivity contribution in [3.05, 3.63) is 32.9 Å². The molecular formula is C13H15FN2O6. The summed E-state index contributed by atoms with van der Waals surface area (Å²) in [4.78, 5) is 24.6. The summed E-state index contributed by atoms with van der Waals surface area (Å²) in [6, 6.07) is 0. The summed E-state index contributed by atoms with van der Waals surface area (Å²) in [5, 5.41) is 30.3. The Morgan fingerprint density at radius 2 is 2.18 bits per heavy atom. The average molecular weight is 314 g/mol. The third-order valence-corrected chi connectivity index (χ3v) is 3.40. The first kappa shape index (κ1) is 16.4. The maximum Gasteiger partial charge on any atom is 0.330 e. The second-order valence-corrected chi connectivity index (χ2v) is 4.98. The van der Waals surface area contributed by atoms with Crippen LogP contribution >= 0.6 is 0 Å². The lowest BCUT2D eigenvalue weighted by molar-refractivity contribution is -0.0887. The number of aromatic amines is 1. The van der Waals surface area contributed by atoms with Crippen LogP contribution in [0.5, 0.6) is 0 Å². The Hall–Kier alpha value is -1.99. The molecule has 120 valence electrons. The Morgan fingerprint density at radius 3 is 2.73 bits per heavy atom. The zero-order valence-corrected chi connectivity index (χ0v) is 11.8. The van der Waals surface area contributed by atoms with Gasteiger partial charge in [0.2, 0.25) is 5.82 Å². The number of hydrogen-bond donors (Lipinski definition) is 4. The zero-order valence-electron chi connectivity index (χ0n) is 11.8. The van der Waals surface area contributed by atoms with E-state index in [2.05, 4.69) is 11.8 Å². The summed E-state index contributed by atoms with van der Waals surface area (Å²) in [5.41, 5.74) is -4.53. The lowest BCUT2D eigenvalue weighted by Gasteiger charge is -2.26. The van der Waals surface area contributed by atoms with Crippen molar-refractivity contribution >= 4 is 0 Å². The minimum atomic E-state index is -2.26. The number of aliphatic hydroxyl groups excluding tert-OH is 2. The summed E-state index contributed by atoms with van der Waals surface area (Å²) in [6.45, 7) is 2.69. The summed E-state index contributed by atoms with van der Waals surface area (Å²) >= 11 is 0. The van der Waals surface area contributed by atoms with E-state index < -0.39 is 47.2 Å². The van der Waals surface area contributed by atoms with Crippen LogP contribution in [0.2, 0.25) is 0 Å². The first-order chi connectivity index (χ1) is 10.2. The van der Waals surface area contributed by atoms with Gasteiger partial charge in [-0.05, 0) is 13.8 Å². The molecule has 0 radical (unpaired) electrons. The summed E-state index contributed by atoms with van der Waals surface area (Å²) in [5.74, 6) is 3.42. The van der Waals surface area contributed by atoms with Gasteiger partial charge in [0, 0.05) is 0 Å². The van der Waals surface area contributed by atoms with Crippen molar-refractivity contribution in [3.8, 4) is 11.8 Å². The van der Waals surface area contributed by atoms with Gasteiger partial charge < -0.3 is 20.1 Å². The van der Waals surface area contributed by atoms with Crippen LogP contribution in [-0.2, 0) is 4.74 Å². The summed E-state index contributed by atoms with van der Waals surface area (Å²) in [7, 11) is 0. The Kier molecular flexibility index (Phi) is 4.21. The molecule has 22 heavy (non-hydrogen) atoms. The van der Waals surface area contributed by atoms with Crippen LogP contribution in [0, 0.1) is 17.7 Å². The standard InChI is InChI=1S/C13H15FN2O6/c1-3-4-13(21)9(18)8(6(2)17)22-11(13)16-5-7(14)10(19)15-12(16)20/h5-6,8-9,11,17-18,21H,1-2H3,(H,15,19,20)/t6-,8+,9-,11+,13?/m0/s1. The molecule has 2 heterocycles. The molecule has 1 aromatic rings.